The summed E-state index contributed by atoms with van der Waals surface area (Å²) < 4.78 is 0. The quantitative estimate of drug-likeness (QED) is 0.547. The summed E-state index contributed by atoms with van der Waals surface area (Å²) in [5.41, 5.74) is 0. The maximum Gasteiger partial charge on any atom is 0.328 e. The number of carboxylic acids is 1. The predicted octanol–water partition coefficient (Wildman–Crippen LogP) is -0.597. The van der Waals surface area contributed by atoms with Gasteiger partial charge in [-0.1, -0.05) is 12.2 Å². The third-order valence-electron chi connectivity index (χ3n) is 2.12. The van der Waals surface area contributed by atoms with Crippen LogP contribution in [0.1, 0.15) is 6.42 Å². The number of amides is 2. The van der Waals surface area contributed by atoms with E-state index < -0.39 is 24.6 Å². The van der Waals surface area contributed by atoms with E-state index >= 15 is 0 Å². The molecule has 2 amide bonds. The van der Waals surface area contributed by atoms with Gasteiger partial charge in [0.15, 0.2) is 6.04 Å². The lowest BCUT2D eigenvalue weighted by atomic mass is 10.2. The van der Waals surface area contributed by atoms with Crippen molar-refractivity contribution in [3.63, 3.8) is 0 Å². The van der Waals surface area contributed by atoms with Gasteiger partial charge in [0.1, 0.15) is 0 Å². The van der Waals surface area contributed by atoms with Crippen molar-refractivity contribution in [1.29, 1.82) is 0 Å². The van der Waals surface area contributed by atoms with Gasteiger partial charge in [0.25, 0.3) is 0 Å². The third-order valence-corrected chi connectivity index (χ3v) is 2.12. The molecule has 0 saturated heterocycles. The number of hydrogen-bond acceptors (Lipinski definition) is 3. The van der Waals surface area contributed by atoms with Crippen molar-refractivity contribution in [3.05, 3.63) is 12.2 Å². The van der Waals surface area contributed by atoms with Crippen molar-refractivity contribution < 1.29 is 19.8 Å². The van der Waals surface area contributed by atoms with Crippen LogP contribution in [0, 0.1) is 0 Å². The average molecular weight is 214 g/mol. The topological polar surface area (TPSA) is 89.9 Å². The van der Waals surface area contributed by atoms with Crippen LogP contribution >= 0.6 is 0 Å². The zero-order valence-corrected chi connectivity index (χ0v) is 8.22. The minimum atomic E-state index is -1.24. The lowest BCUT2D eigenvalue weighted by molar-refractivity contribution is -0.140. The van der Waals surface area contributed by atoms with Crippen LogP contribution in [0.2, 0.25) is 0 Å². The number of aliphatic hydroxyl groups is 1. The molecule has 1 rings (SSSR count). The molecule has 1 aliphatic rings. The number of carboxylic acid groups (broad SMARTS) is 1. The Morgan fingerprint density at radius 3 is 2.67 bits per heavy atom. The summed E-state index contributed by atoms with van der Waals surface area (Å²) in [5, 5.41) is 19.6. The minimum absolute atomic E-state index is 0.458. The van der Waals surface area contributed by atoms with Gasteiger partial charge in [-0.05, 0) is 6.42 Å². The van der Waals surface area contributed by atoms with Gasteiger partial charge in [0, 0.05) is 13.1 Å². The first-order valence-corrected chi connectivity index (χ1v) is 4.69. The predicted molar refractivity (Wildman–Crippen MR) is 52.4 cm³/mol. The molecule has 0 fully saturated rings. The first-order chi connectivity index (χ1) is 7.15. The highest BCUT2D eigenvalue weighted by molar-refractivity contribution is 5.82. The van der Waals surface area contributed by atoms with Crippen LogP contribution in [0.15, 0.2) is 12.2 Å². The largest absolute Gasteiger partial charge is 0.480 e. The van der Waals surface area contributed by atoms with E-state index in [0.29, 0.717) is 13.1 Å². The second kappa shape index (κ2) is 5.35. The second-order valence-electron chi connectivity index (χ2n) is 3.23. The number of rotatable bonds is 3. The zero-order valence-electron chi connectivity index (χ0n) is 8.22. The number of nitrogens with zero attached hydrogens (tertiary/aromatic N) is 1. The molecule has 0 unspecified atom stereocenters. The SMILES string of the molecule is O=C(O)[C@@H](CO)NC(=O)N1CC=CCC1. The molecule has 1 atom stereocenters. The number of carbonyl (C=O) groups excluding carboxylic acids is 1. The molecule has 1 aliphatic heterocycles. The summed E-state index contributed by atoms with van der Waals surface area (Å²) >= 11 is 0. The molecular weight excluding hydrogens is 200 g/mol. The van der Waals surface area contributed by atoms with E-state index in [9.17, 15) is 9.59 Å². The van der Waals surface area contributed by atoms with Crippen LogP contribution in [0.25, 0.3) is 0 Å². The molecule has 6 heteroatoms. The van der Waals surface area contributed by atoms with E-state index in [-0.39, 0.29) is 0 Å². The monoisotopic (exact) mass is 214 g/mol. The molecule has 1 heterocycles. The Hall–Kier alpha value is -1.56. The molecule has 0 bridgehead atoms. The Morgan fingerprint density at radius 1 is 1.47 bits per heavy atom. The van der Waals surface area contributed by atoms with E-state index in [2.05, 4.69) is 5.32 Å². The molecule has 3 N–H and O–H groups in total. The standard InChI is InChI=1S/C9H14N2O4/c12-6-7(8(13)14)10-9(15)11-4-2-1-3-5-11/h1-2,7,12H,3-6H2,(H,10,15)(H,13,14)/t7-/m1/s1. The molecular formula is C9H14N2O4. The van der Waals surface area contributed by atoms with Crippen molar-refractivity contribution in [2.75, 3.05) is 19.7 Å². The number of carbonyl (C=O) groups is 2. The number of urea groups is 1. The minimum Gasteiger partial charge on any atom is -0.480 e. The van der Waals surface area contributed by atoms with Gasteiger partial charge in [-0.2, -0.15) is 0 Å². The van der Waals surface area contributed by atoms with Crippen molar-refractivity contribution in [2.45, 2.75) is 12.5 Å². The normalized spacial score (nSPS) is 17.3. The number of nitrogens with one attached hydrogen (secondary N) is 1. The Morgan fingerprint density at radius 2 is 2.20 bits per heavy atom. The molecule has 0 spiro atoms. The zero-order chi connectivity index (χ0) is 11.3. The van der Waals surface area contributed by atoms with E-state index in [4.69, 9.17) is 10.2 Å². The lowest BCUT2D eigenvalue weighted by Crippen LogP contribution is -2.50. The van der Waals surface area contributed by atoms with Gasteiger partial charge in [0.2, 0.25) is 0 Å². The fourth-order valence-electron chi connectivity index (χ4n) is 1.25. The van der Waals surface area contributed by atoms with Crippen LogP contribution in [0.3, 0.4) is 0 Å². The van der Waals surface area contributed by atoms with E-state index in [1.165, 1.54) is 4.90 Å². The molecule has 0 aromatic carbocycles. The third kappa shape index (κ3) is 3.25. The first-order valence-electron chi connectivity index (χ1n) is 4.69. The van der Waals surface area contributed by atoms with Crippen LogP contribution < -0.4 is 5.32 Å². The summed E-state index contributed by atoms with van der Waals surface area (Å²) in [5.74, 6) is -1.24. The Bertz CT molecular complexity index is 277. The highest BCUT2D eigenvalue weighted by Crippen LogP contribution is 2.01. The average Bonchev–Trinajstić information content (AvgIpc) is 2.26. The van der Waals surface area contributed by atoms with Crippen LogP contribution in [0.5, 0.6) is 0 Å². The molecule has 0 radical (unpaired) electrons. The van der Waals surface area contributed by atoms with E-state index in [1.54, 1.807) is 0 Å². The van der Waals surface area contributed by atoms with Crippen LogP contribution in [0.4, 0.5) is 4.79 Å². The van der Waals surface area contributed by atoms with Gasteiger partial charge < -0.3 is 20.4 Å². The van der Waals surface area contributed by atoms with Gasteiger partial charge in [-0.15, -0.1) is 0 Å². The van der Waals surface area contributed by atoms with Gasteiger partial charge in [-0.25, -0.2) is 9.59 Å². The summed E-state index contributed by atoms with van der Waals surface area (Å²) in [6.45, 7) is 0.439. The fourth-order valence-corrected chi connectivity index (χ4v) is 1.25. The Kier molecular flexibility index (Phi) is 4.11. The summed E-state index contributed by atoms with van der Waals surface area (Å²) in [6.07, 6.45) is 4.58. The highest BCUT2D eigenvalue weighted by Gasteiger charge is 2.22. The lowest BCUT2D eigenvalue weighted by Gasteiger charge is -2.25. The van der Waals surface area contributed by atoms with Crippen molar-refractivity contribution in [1.82, 2.24) is 10.2 Å². The summed E-state index contributed by atoms with van der Waals surface area (Å²) in [7, 11) is 0. The second-order valence-corrected chi connectivity index (χ2v) is 3.23. The summed E-state index contributed by atoms with van der Waals surface area (Å²) in [6, 6.07) is -1.69. The Labute approximate surface area is 87.2 Å². The number of aliphatic hydroxyl groups excluding tert-OH is 1. The molecule has 6 nitrogen and oxygen atoms in total. The van der Waals surface area contributed by atoms with Gasteiger partial charge >= 0.3 is 12.0 Å². The van der Waals surface area contributed by atoms with Crippen LogP contribution in [-0.2, 0) is 4.79 Å². The molecule has 84 valence electrons. The van der Waals surface area contributed by atoms with Gasteiger partial charge in [0.05, 0.1) is 6.61 Å². The maximum atomic E-state index is 11.5. The van der Waals surface area contributed by atoms with Crippen LogP contribution in [-0.4, -0.2) is 52.9 Å². The molecule has 0 saturated carbocycles. The number of aliphatic carboxylic acids is 1. The summed E-state index contributed by atoms with van der Waals surface area (Å²) in [4.78, 5) is 23.5. The van der Waals surface area contributed by atoms with Gasteiger partial charge in [-0.3, -0.25) is 0 Å². The molecule has 0 aromatic heterocycles. The van der Waals surface area contributed by atoms with Crippen molar-refractivity contribution in [2.24, 2.45) is 0 Å². The van der Waals surface area contributed by atoms with Crippen molar-refractivity contribution in [3.8, 4) is 0 Å². The number of hydrogen-bond donors (Lipinski definition) is 3. The molecule has 15 heavy (non-hydrogen) atoms. The van der Waals surface area contributed by atoms with Crippen molar-refractivity contribution >= 4 is 12.0 Å². The first kappa shape index (κ1) is 11.5. The highest BCUT2D eigenvalue weighted by atomic mass is 16.4. The maximum absolute atomic E-state index is 11.5. The fraction of sp³-hybridized carbons (Fsp3) is 0.556. The molecule has 0 aliphatic carbocycles. The smallest absolute Gasteiger partial charge is 0.328 e. The molecule has 0 aromatic rings. The Balaban J connectivity index is 2.46. The van der Waals surface area contributed by atoms with E-state index in [1.807, 2.05) is 12.2 Å². The van der Waals surface area contributed by atoms with E-state index in [0.717, 1.165) is 6.42 Å².